The van der Waals surface area contributed by atoms with Crippen LogP contribution in [0.5, 0.6) is 0 Å². The minimum atomic E-state index is 0. The van der Waals surface area contributed by atoms with Gasteiger partial charge in [-0.2, -0.15) is 0 Å². The van der Waals surface area contributed by atoms with Crippen LogP contribution in [0.1, 0.15) is 5.82 Å². The number of nitrogens with zero attached hydrogens (tertiary/aromatic N) is 2. The lowest BCUT2D eigenvalue weighted by molar-refractivity contribution is 0.909. The van der Waals surface area contributed by atoms with Crippen molar-refractivity contribution >= 4 is 24.0 Å². The van der Waals surface area contributed by atoms with Gasteiger partial charge in [0.1, 0.15) is 11.0 Å². The molecule has 0 fully saturated rings. The molecule has 3 nitrogen and oxygen atoms in total. The van der Waals surface area contributed by atoms with Crippen molar-refractivity contribution in [1.82, 2.24) is 9.97 Å². The number of halogens is 2. The molecule has 0 saturated heterocycles. The molecular formula is C5H7Cl2N3. The monoisotopic (exact) mass is 179 g/mol. The molecule has 2 N–H and O–H groups in total. The largest absolute Gasteiger partial charge is 0.324 e. The van der Waals surface area contributed by atoms with Gasteiger partial charge in [0.05, 0.1) is 6.54 Å². The molecule has 1 aromatic heterocycles. The number of hydrogen-bond acceptors (Lipinski definition) is 3. The molecule has 1 rings (SSSR count). The van der Waals surface area contributed by atoms with Gasteiger partial charge in [0.15, 0.2) is 0 Å². The van der Waals surface area contributed by atoms with E-state index in [4.69, 9.17) is 17.3 Å². The summed E-state index contributed by atoms with van der Waals surface area (Å²) in [6.07, 6.45) is 1.58. The average molecular weight is 180 g/mol. The molecule has 0 aliphatic rings. The SMILES string of the molecule is Cl.NCc1nccc(Cl)n1. The van der Waals surface area contributed by atoms with E-state index in [2.05, 4.69) is 9.97 Å². The Morgan fingerprint density at radius 2 is 2.30 bits per heavy atom. The molecule has 56 valence electrons. The van der Waals surface area contributed by atoms with Crippen LogP contribution in [0, 0.1) is 0 Å². The van der Waals surface area contributed by atoms with Gasteiger partial charge < -0.3 is 5.73 Å². The van der Waals surface area contributed by atoms with E-state index in [1.54, 1.807) is 12.3 Å². The van der Waals surface area contributed by atoms with Gasteiger partial charge in [0.25, 0.3) is 0 Å². The Morgan fingerprint density at radius 1 is 1.60 bits per heavy atom. The Hall–Kier alpha value is -0.380. The summed E-state index contributed by atoms with van der Waals surface area (Å²) in [4.78, 5) is 7.66. The molecule has 1 aromatic rings. The number of nitrogens with two attached hydrogens (primary N) is 1. The van der Waals surface area contributed by atoms with Crippen molar-refractivity contribution in [3.05, 3.63) is 23.2 Å². The summed E-state index contributed by atoms with van der Waals surface area (Å²) in [5.74, 6) is 0.572. The van der Waals surface area contributed by atoms with Crippen LogP contribution >= 0.6 is 24.0 Å². The Balaban J connectivity index is 0.000000810. The van der Waals surface area contributed by atoms with Crippen LogP contribution in [0.25, 0.3) is 0 Å². The Labute approximate surface area is 70.0 Å². The highest BCUT2D eigenvalue weighted by molar-refractivity contribution is 6.29. The first-order chi connectivity index (χ1) is 4.33. The molecule has 0 aliphatic carbocycles. The fourth-order valence-electron chi connectivity index (χ4n) is 0.473. The normalized spacial score (nSPS) is 8.60. The van der Waals surface area contributed by atoms with Crippen LogP contribution in [-0.4, -0.2) is 9.97 Å². The molecule has 0 bridgehead atoms. The Morgan fingerprint density at radius 3 is 2.70 bits per heavy atom. The van der Waals surface area contributed by atoms with Crippen LogP contribution in [0.2, 0.25) is 5.15 Å². The Bertz CT molecular complexity index is 204. The highest BCUT2D eigenvalue weighted by Gasteiger charge is 1.90. The van der Waals surface area contributed by atoms with E-state index >= 15 is 0 Å². The highest BCUT2D eigenvalue weighted by atomic mass is 35.5. The van der Waals surface area contributed by atoms with Crippen molar-refractivity contribution in [1.29, 1.82) is 0 Å². The zero-order chi connectivity index (χ0) is 6.69. The van der Waals surface area contributed by atoms with E-state index in [9.17, 15) is 0 Å². The first kappa shape index (κ1) is 9.62. The van der Waals surface area contributed by atoms with Crippen LogP contribution < -0.4 is 5.73 Å². The zero-order valence-electron chi connectivity index (χ0n) is 5.12. The smallest absolute Gasteiger partial charge is 0.143 e. The minimum absolute atomic E-state index is 0. The maximum atomic E-state index is 5.52. The van der Waals surface area contributed by atoms with Crippen molar-refractivity contribution in [2.45, 2.75) is 6.54 Å². The third-order valence-corrected chi connectivity index (χ3v) is 1.06. The minimum Gasteiger partial charge on any atom is -0.324 e. The molecule has 0 amide bonds. The lowest BCUT2D eigenvalue weighted by Gasteiger charge is -1.91. The van der Waals surface area contributed by atoms with Crippen LogP contribution in [-0.2, 0) is 6.54 Å². The van der Waals surface area contributed by atoms with E-state index in [1.165, 1.54) is 0 Å². The molecule has 0 radical (unpaired) electrons. The molecule has 10 heavy (non-hydrogen) atoms. The summed E-state index contributed by atoms with van der Waals surface area (Å²) in [5, 5.41) is 0.436. The van der Waals surface area contributed by atoms with Gasteiger partial charge in [-0.1, -0.05) is 11.6 Å². The van der Waals surface area contributed by atoms with Crippen molar-refractivity contribution < 1.29 is 0 Å². The molecule has 0 aliphatic heterocycles. The fraction of sp³-hybridized carbons (Fsp3) is 0.200. The van der Waals surface area contributed by atoms with Gasteiger partial charge in [-0.25, -0.2) is 9.97 Å². The lowest BCUT2D eigenvalue weighted by atomic mass is 10.6. The number of aromatic nitrogens is 2. The van der Waals surface area contributed by atoms with Gasteiger partial charge in [-0.05, 0) is 6.07 Å². The van der Waals surface area contributed by atoms with Crippen LogP contribution in [0.4, 0.5) is 0 Å². The predicted octanol–water partition coefficient (Wildman–Crippen LogP) is 1.01. The molecule has 0 atom stereocenters. The summed E-state index contributed by atoms with van der Waals surface area (Å²) in [6, 6.07) is 1.61. The van der Waals surface area contributed by atoms with E-state index in [1.807, 2.05) is 0 Å². The van der Waals surface area contributed by atoms with Crippen LogP contribution in [0.3, 0.4) is 0 Å². The van der Waals surface area contributed by atoms with Gasteiger partial charge in [-0.15, -0.1) is 12.4 Å². The van der Waals surface area contributed by atoms with Crippen molar-refractivity contribution in [2.24, 2.45) is 5.73 Å². The van der Waals surface area contributed by atoms with Crippen molar-refractivity contribution in [3.63, 3.8) is 0 Å². The third-order valence-electron chi connectivity index (χ3n) is 0.854. The van der Waals surface area contributed by atoms with Crippen molar-refractivity contribution in [2.75, 3.05) is 0 Å². The van der Waals surface area contributed by atoms with E-state index in [0.717, 1.165) is 0 Å². The molecule has 0 spiro atoms. The van der Waals surface area contributed by atoms with Gasteiger partial charge in [0.2, 0.25) is 0 Å². The second-order valence-corrected chi connectivity index (χ2v) is 1.89. The second kappa shape index (κ2) is 4.44. The maximum Gasteiger partial charge on any atom is 0.143 e. The molecule has 0 unspecified atom stereocenters. The zero-order valence-corrected chi connectivity index (χ0v) is 6.69. The van der Waals surface area contributed by atoms with Crippen molar-refractivity contribution in [3.8, 4) is 0 Å². The van der Waals surface area contributed by atoms with E-state index in [-0.39, 0.29) is 12.4 Å². The standard InChI is InChI=1S/C5H6ClN3.ClH/c6-4-1-2-8-5(3-7)9-4;/h1-2H,3,7H2;1H. The predicted molar refractivity (Wildman–Crippen MR) is 42.2 cm³/mol. The third kappa shape index (κ3) is 2.47. The summed E-state index contributed by atoms with van der Waals surface area (Å²) in [7, 11) is 0. The summed E-state index contributed by atoms with van der Waals surface area (Å²) < 4.78 is 0. The molecule has 0 aromatic carbocycles. The van der Waals surface area contributed by atoms with E-state index in [0.29, 0.717) is 17.5 Å². The maximum absolute atomic E-state index is 5.52. The Kier molecular flexibility index (Phi) is 4.27. The summed E-state index contributed by atoms with van der Waals surface area (Å²) >= 11 is 5.52. The first-order valence-corrected chi connectivity index (χ1v) is 2.88. The first-order valence-electron chi connectivity index (χ1n) is 2.50. The quantitative estimate of drug-likeness (QED) is 0.656. The number of hydrogen-bond donors (Lipinski definition) is 1. The van der Waals surface area contributed by atoms with E-state index < -0.39 is 0 Å². The number of rotatable bonds is 1. The summed E-state index contributed by atoms with van der Waals surface area (Å²) in [5.41, 5.74) is 5.24. The highest BCUT2D eigenvalue weighted by Crippen LogP contribution is 2.00. The average Bonchev–Trinajstić information content (AvgIpc) is 1.88. The molecule has 0 saturated carbocycles. The lowest BCUT2D eigenvalue weighted by Crippen LogP contribution is -2.01. The molecule has 5 heteroatoms. The van der Waals surface area contributed by atoms with Gasteiger partial charge in [-0.3, -0.25) is 0 Å². The fourth-order valence-corrected chi connectivity index (χ4v) is 0.626. The molecule has 1 heterocycles. The van der Waals surface area contributed by atoms with Gasteiger partial charge >= 0.3 is 0 Å². The molecular weight excluding hydrogens is 173 g/mol. The second-order valence-electron chi connectivity index (χ2n) is 1.50. The van der Waals surface area contributed by atoms with Gasteiger partial charge in [0, 0.05) is 6.20 Å². The van der Waals surface area contributed by atoms with Crippen LogP contribution in [0.15, 0.2) is 12.3 Å². The summed E-state index contributed by atoms with van der Waals surface area (Å²) in [6.45, 7) is 0.334. The topological polar surface area (TPSA) is 51.8 Å².